The van der Waals surface area contributed by atoms with Gasteiger partial charge in [-0.2, -0.15) is 0 Å². The molecule has 3 heterocycles. The first-order valence-corrected chi connectivity index (χ1v) is 11.8. The number of ether oxygens (including phenoxy) is 6. The van der Waals surface area contributed by atoms with E-state index in [1.807, 2.05) is 0 Å². The van der Waals surface area contributed by atoms with Gasteiger partial charge in [-0.15, -0.1) is 0 Å². The van der Waals surface area contributed by atoms with E-state index in [4.69, 9.17) is 34.2 Å². The lowest BCUT2D eigenvalue weighted by molar-refractivity contribution is -0.379. The summed E-state index contributed by atoms with van der Waals surface area (Å²) in [6.07, 6.45) is -24.2. The molecule has 3 saturated heterocycles. The van der Waals surface area contributed by atoms with Crippen molar-refractivity contribution >= 4 is 0 Å². The maximum absolute atomic E-state index is 10.7. The molecule has 218 valence electrons. The second-order valence-corrected chi connectivity index (χ2v) is 8.97. The fraction of sp³-hybridized carbons (Fsp3) is 1.00. The summed E-state index contributed by atoms with van der Waals surface area (Å²) in [5.41, 5.74) is 5.35. The first-order valence-electron chi connectivity index (χ1n) is 11.8. The molecule has 17 nitrogen and oxygen atoms in total. The van der Waals surface area contributed by atoms with Crippen LogP contribution in [0.4, 0.5) is 0 Å². The van der Waals surface area contributed by atoms with Gasteiger partial charge in [0.05, 0.1) is 26.4 Å². The number of hydrogen-bond donors (Lipinski definition) is 11. The molecule has 3 aliphatic rings. The molecule has 3 fully saturated rings. The molecule has 0 bridgehead atoms. The van der Waals surface area contributed by atoms with Crippen LogP contribution in [0.3, 0.4) is 0 Å². The van der Waals surface area contributed by atoms with Crippen molar-refractivity contribution in [2.24, 2.45) is 5.73 Å². The molecule has 12 N–H and O–H groups in total. The fourth-order valence-electron chi connectivity index (χ4n) is 4.37. The highest BCUT2D eigenvalue weighted by atomic mass is 16.8. The Morgan fingerprint density at radius 1 is 0.514 bits per heavy atom. The molecule has 15 atom stereocenters. The van der Waals surface area contributed by atoms with E-state index in [1.165, 1.54) is 0 Å². The summed E-state index contributed by atoms with van der Waals surface area (Å²) in [5, 5.41) is 101. The van der Waals surface area contributed by atoms with E-state index in [2.05, 4.69) is 0 Å². The molecular formula is C20H37NO16. The van der Waals surface area contributed by atoms with Gasteiger partial charge in [0.25, 0.3) is 0 Å². The maximum atomic E-state index is 10.7. The second-order valence-electron chi connectivity index (χ2n) is 8.97. The van der Waals surface area contributed by atoms with E-state index in [-0.39, 0.29) is 13.2 Å². The number of hydrogen-bond acceptors (Lipinski definition) is 17. The maximum Gasteiger partial charge on any atom is 0.187 e. The van der Waals surface area contributed by atoms with Crippen LogP contribution >= 0.6 is 0 Å². The molecule has 0 aromatic carbocycles. The molecule has 3 rings (SSSR count). The molecule has 0 aromatic heterocycles. The summed E-state index contributed by atoms with van der Waals surface area (Å²) in [6.45, 7) is -2.16. The quantitative estimate of drug-likeness (QED) is 0.121. The lowest BCUT2D eigenvalue weighted by atomic mass is 9.96. The smallest absolute Gasteiger partial charge is 0.187 e. The number of aliphatic hydroxyl groups excluding tert-OH is 10. The molecule has 0 radical (unpaired) electrons. The van der Waals surface area contributed by atoms with Gasteiger partial charge < -0.3 is 85.2 Å². The van der Waals surface area contributed by atoms with Gasteiger partial charge in [-0.05, 0) is 0 Å². The van der Waals surface area contributed by atoms with E-state index in [9.17, 15) is 51.1 Å². The predicted octanol–water partition coefficient (Wildman–Crippen LogP) is -7.59. The highest BCUT2D eigenvalue weighted by molar-refractivity contribution is 4.96. The minimum atomic E-state index is -1.90. The number of aliphatic hydroxyl groups is 10. The standard InChI is InChI=1S/C20H37NO16/c21-1-2-32-18-14(30)11(27)16(7(4-23)34-18)37-20-15(31)12(28)17(8(5-24)35-20)36-19-13(29)10(26)9(25)6(3-22)33-19/h6-20,22-31H,1-5,21H2/t6?,7?,8?,9-,10?,11?,12?,13?,14?,15?,16+,17-,18+,19+,20-/m1/s1. The minimum Gasteiger partial charge on any atom is -0.394 e. The monoisotopic (exact) mass is 547 g/mol. The van der Waals surface area contributed by atoms with Crippen molar-refractivity contribution in [3.05, 3.63) is 0 Å². The Morgan fingerprint density at radius 2 is 0.919 bits per heavy atom. The molecule has 3 aliphatic heterocycles. The number of nitrogens with two attached hydrogens (primary N) is 1. The normalized spacial score (nSPS) is 49.2. The molecular weight excluding hydrogens is 510 g/mol. The van der Waals surface area contributed by atoms with Gasteiger partial charge in [-0.25, -0.2) is 0 Å². The van der Waals surface area contributed by atoms with Crippen LogP contribution in [0, 0.1) is 0 Å². The third kappa shape index (κ3) is 6.56. The third-order valence-corrected chi connectivity index (χ3v) is 6.47. The van der Waals surface area contributed by atoms with Crippen molar-refractivity contribution in [2.45, 2.75) is 92.1 Å². The molecule has 0 spiro atoms. The molecule has 0 aliphatic carbocycles. The van der Waals surface area contributed by atoms with E-state index in [0.29, 0.717) is 0 Å². The van der Waals surface area contributed by atoms with E-state index >= 15 is 0 Å². The van der Waals surface area contributed by atoms with Crippen LogP contribution in [0.5, 0.6) is 0 Å². The zero-order valence-corrected chi connectivity index (χ0v) is 19.7. The molecule has 37 heavy (non-hydrogen) atoms. The van der Waals surface area contributed by atoms with Gasteiger partial charge in [-0.3, -0.25) is 0 Å². The summed E-state index contributed by atoms with van der Waals surface area (Å²) in [6, 6.07) is 0. The summed E-state index contributed by atoms with van der Waals surface area (Å²) < 4.78 is 32.4. The van der Waals surface area contributed by atoms with Gasteiger partial charge in [-0.1, -0.05) is 0 Å². The van der Waals surface area contributed by atoms with Crippen molar-refractivity contribution in [3.63, 3.8) is 0 Å². The number of rotatable bonds is 10. The van der Waals surface area contributed by atoms with Crippen LogP contribution in [0.1, 0.15) is 0 Å². The van der Waals surface area contributed by atoms with E-state index < -0.39 is 112 Å². The zero-order valence-electron chi connectivity index (χ0n) is 19.7. The van der Waals surface area contributed by atoms with Crippen molar-refractivity contribution in [1.82, 2.24) is 0 Å². The van der Waals surface area contributed by atoms with Crippen molar-refractivity contribution in [1.29, 1.82) is 0 Å². The average Bonchev–Trinajstić information content (AvgIpc) is 2.90. The predicted molar refractivity (Wildman–Crippen MR) is 114 cm³/mol. The topological polar surface area (TPSA) is 284 Å². The van der Waals surface area contributed by atoms with Crippen molar-refractivity contribution < 1.29 is 79.5 Å². The lowest BCUT2D eigenvalue weighted by Crippen LogP contribution is -2.66. The van der Waals surface area contributed by atoms with Gasteiger partial charge in [0.15, 0.2) is 18.9 Å². The van der Waals surface area contributed by atoms with Crippen LogP contribution in [0.25, 0.3) is 0 Å². The van der Waals surface area contributed by atoms with Crippen LogP contribution in [0.15, 0.2) is 0 Å². The fourth-order valence-corrected chi connectivity index (χ4v) is 4.37. The highest BCUT2D eigenvalue weighted by Gasteiger charge is 2.53. The Labute approximate surface area is 211 Å². The Kier molecular flexibility index (Phi) is 11.3. The summed E-state index contributed by atoms with van der Waals surface area (Å²) >= 11 is 0. The minimum absolute atomic E-state index is 0.0111. The molecule has 9 unspecified atom stereocenters. The van der Waals surface area contributed by atoms with E-state index in [1.54, 1.807) is 0 Å². The first-order chi connectivity index (χ1) is 17.6. The lowest BCUT2D eigenvalue weighted by Gasteiger charge is -2.48. The van der Waals surface area contributed by atoms with Gasteiger partial charge in [0.2, 0.25) is 0 Å². The third-order valence-electron chi connectivity index (χ3n) is 6.47. The molecule has 0 saturated carbocycles. The highest BCUT2D eigenvalue weighted by Crippen LogP contribution is 2.32. The van der Waals surface area contributed by atoms with Crippen LogP contribution in [-0.4, -0.2) is 176 Å². The second kappa shape index (κ2) is 13.6. The summed E-state index contributed by atoms with van der Waals surface area (Å²) in [7, 11) is 0. The SMILES string of the molecule is NCCO[C@H]1OC(CO)[C@H](O[C@H]2OC(CO)[C@@H](O[C@@H]3OC(CO)[C@@H](O)C(O)C3O)C(O)C2O)C(O)C1O. The first kappa shape index (κ1) is 30.9. The largest absolute Gasteiger partial charge is 0.394 e. The van der Waals surface area contributed by atoms with Crippen LogP contribution in [0.2, 0.25) is 0 Å². The molecule has 0 amide bonds. The molecule has 17 heteroatoms. The Hall–Kier alpha value is -0.680. The Bertz CT molecular complexity index is 687. The van der Waals surface area contributed by atoms with Gasteiger partial charge in [0.1, 0.15) is 73.2 Å². The van der Waals surface area contributed by atoms with Crippen molar-refractivity contribution in [2.75, 3.05) is 33.0 Å². The average molecular weight is 548 g/mol. The molecule has 0 aromatic rings. The van der Waals surface area contributed by atoms with Gasteiger partial charge >= 0.3 is 0 Å². The summed E-state index contributed by atoms with van der Waals surface area (Å²) in [4.78, 5) is 0. The van der Waals surface area contributed by atoms with Crippen LogP contribution in [-0.2, 0) is 28.4 Å². The van der Waals surface area contributed by atoms with E-state index in [0.717, 1.165) is 0 Å². The Balaban J connectivity index is 1.70. The summed E-state index contributed by atoms with van der Waals surface area (Å²) in [5.74, 6) is 0. The Morgan fingerprint density at radius 3 is 1.38 bits per heavy atom. The van der Waals surface area contributed by atoms with Crippen LogP contribution < -0.4 is 5.73 Å². The van der Waals surface area contributed by atoms with Gasteiger partial charge in [0, 0.05) is 6.54 Å². The zero-order chi connectivity index (χ0) is 27.4. The van der Waals surface area contributed by atoms with Crippen molar-refractivity contribution in [3.8, 4) is 0 Å².